The van der Waals surface area contributed by atoms with Crippen LogP contribution in [0.5, 0.6) is 0 Å². The second-order valence-electron chi connectivity index (χ2n) is 3.52. The summed E-state index contributed by atoms with van der Waals surface area (Å²) in [5, 5.41) is 0. The molecular weight excluding hydrogens is 236 g/mol. The molecule has 0 atom stereocenters. The van der Waals surface area contributed by atoms with E-state index in [0.717, 1.165) is 12.8 Å². The first-order chi connectivity index (χ1) is 8.40. The third-order valence-electron chi connectivity index (χ3n) is 1.81. The van der Waals surface area contributed by atoms with Crippen molar-refractivity contribution in [2.24, 2.45) is 0 Å². The fraction of sp³-hybridized carbons (Fsp3) is 0.538. The average Bonchev–Trinajstić information content (AvgIpc) is 2.35. The minimum absolute atomic E-state index is 0.347. The van der Waals surface area contributed by atoms with Gasteiger partial charge in [-0.05, 0) is 19.8 Å². The summed E-state index contributed by atoms with van der Waals surface area (Å²) >= 11 is 0. The number of hydrogen-bond acceptors (Lipinski definition) is 5. The molecule has 0 bridgehead atoms. The van der Waals surface area contributed by atoms with Crippen molar-refractivity contribution in [2.75, 3.05) is 14.2 Å². The van der Waals surface area contributed by atoms with E-state index in [9.17, 15) is 9.59 Å². The fourth-order valence-electron chi connectivity index (χ4n) is 0.801. The van der Waals surface area contributed by atoms with Gasteiger partial charge in [-0.1, -0.05) is 26.5 Å². The minimum Gasteiger partial charge on any atom is -0.466 e. The molecule has 0 saturated heterocycles. The highest BCUT2D eigenvalue weighted by Crippen LogP contribution is 2.06. The summed E-state index contributed by atoms with van der Waals surface area (Å²) in [6.07, 6.45) is 2.68. The number of hydrogen-bond donors (Lipinski definition) is 0. The number of carbonyl (C=O) groups is 2. The van der Waals surface area contributed by atoms with E-state index in [4.69, 9.17) is 0 Å². The second-order valence-corrected chi connectivity index (χ2v) is 3.52. The normalized spacial score (nSPS) is 8.67. The van der Waals surface area contributed by atoms with Crippen LogP contribution in [0.25, 0.3) is 0 Å². The smallest absolute Gasteiger partial charge is 0.368 e. The first kappa shape index (κ1) is 18.7. The van der Waals surface area contributed by atoms with Gasteiger partial charge in [-0.3, -0.25) is 4.89 Å². The summed E-state index contributed by atoms with van der Waals surface area (Å²) < 4.78 is 4.27. The molecule has 0 aliphatic heterocycles. The van der Waals surface area contributed by atoms with Gasteiger partial charge in [-0.15, -0.1) is 0 Å². The second kappa shape index (κ2) is 11.9. The summed E-state index contributed by atoms with van der Waals surface area (Å²) in [5.41, 5.74) is 0.899. The van der Waals surface area contributed by atoms with E-state index in [1.165, 1.54) is 14.2 Å². The minimum atomic E-state index is -0.471. The van der Waals surface area contributed by atoms with E-state index in [1.54, 1.807) is 6.92 Å². The van der Waals surface area contributed by atoms with Gasteiger partial charge < -0.3 is 4.74 Å². The van der Waals surface area contributed by atoms with Crippen LogP contribution in [0.15, 0.2) is 24.3 Å². The number of methoxy groups -OCH3 is 1. The number of esters is 1. The monoisotopic (exact) mass is 258 g/mol. The van der Waals surface area contributed by atoms with Crippen molar-refractivity contribution in [3.63, 3.8) is 0 Å². The van der Waals surface area contributed by atoms with Crippen molar-refractivity contribution in [1.29, 1.82) is 0 Å². The lowest BCUT2D eigenvalue weighted by molar-refractivity contribution is -0.250. The van der Waals surface area contributed by atoms with E-state index in [0.29, 0.717) is 17.6 Å². The van der Waals surface area contributed by atoms with Crippen LogP contribution in [0.2, 0.25) is 0 Å². The first-order valence-electron chi connectivity index (χ1n) is 5.57. The molecule has 0 rings (SSSR count). The topological polar surface area (TPSA) is 61.8 Å². The van der Waals surface area contributed by atoms with Crippen LogP contribution in [0, 0.1) is 0 Å². The lowest BCUT2D eigenvalue weighted by Gasteiger charge is -2.01. The highest BCUT2D eigenvalue weighted by Gasteiger charge is 2.07. The van der Waals surface area contributed by atoms with E-state index in [1.807, 2.05) is 0 Å². The van der Waals surface area contributed by atoms with Crippen LogP contribution in [0.3, 0.4) is 0 Å². The van der Waals surface area contributed by atoms with Crippen LogP contribution < -0.4 is 0 Å². The first-order valence-corrected chi connectivity index (χ1v) is 5.57. The van der Waals surface area contributed by atoms with Gasteiger partial charge in [0.25, 0.3) is 0 Å². The van der Waals surface area contributed by atoms with Crippen LogP contribution in [-0.4, -0.2) is 26.2 Å². The Labute approximate surface area is 108 Å². The molecule has 5 nitrogen and oxygen atoms in total. The van der Waals surface area contributed by atoms with Gasteiger partial charge in [0.05, 0.1) is 14.2 Å². The summed E-state index contributed by atoms with van der Waals surface area (Å²) in [4.78, 5) is 29.4. The van der Waals surface area contributed by atoms with Crippen molar-refractivity contribution < 1.29 is 24.1 Å². The van der Waals surface area contributed by atoms with E-state index < -0.39 is 5.97 Å². The van der Waals surface area contributed by atoms with Crippen molar-refractivity contribution in [3.8, 4) is 0 Å². The van der Waals surface area contributed by atoms with Gasteiger partial charge in [-0.2, -0.15) is 4.89 Å². The van der Waals surface area contributed by atoms with Crippen LogP contribution in [-0.2, 0) is 24.1 Å². The van der Waals surface area contributed by atoms with Crippen molar-refractivity contribution in [1.82, 2.24) is 0 Å². The maximum atomic E-state index is 10.8. The largest absolute Gasteiger partial charge is 0.466 e. The SMILES string of the molecule is C=C(C)C(=O)OC.C=C(CCCC)C(=O)OOC. The maximum absolute atomic E-state index is 10.8. The summed E-state index contributed by atoms with van der Waals surface area (Å²) in [5.74, 6) is -0.819. The van der Waals surface area contributed by atoms with Gasteiger partial charge in [0.1, 0.15) is 0 Å². The van der Waals surface area contributed by atoms with Gasteiger partial charge in [-0.25, -0.2) is 9.59 Å². The van der Waals surface area contributed by atoms with Crippen molar-refractivity contribution >= 4 is 11.9 Å². The number of rotatable bonds is 6. The summed E-state index contributed by atoms with van der Waals surface area (Å²) in [7, 11) is 2.63. The van der Waals surface area contributed by atoms with Crippen molar-refractivity contribution in [2.45, 2.75) is 33.1 Å². The molecule has 0 heterocycles. The van der Waals surface area contributed by atoms with Gasteiger partial charge in [0.15, 0.2) is 0 Å². The van der Waals surface area contributed by atoms with Gasteiger partial charge in [0, 0.05) is 11.1 Å². The maximum Gasteiger partial charge on any atom is 0.368 e. The van der Waals surface area contributed by atoms with Crippen molar-refractivity contribution in [3.05, 3.63) is 24.3 Å². The molecule has 0 aromatic carbocycles. The molecule has 0 spiro atoms. The number of carbonyl (C=O) groups excluding carboxylic acids is 2. The molecule has 0 radical (unpaired) electrons. The third kappa shape index (κ3) is 10.9. The number of ether oxygens (including phenoxy) is 1. The Bertz CT molecular complexity index is 294. The Morgan fingerprint density at radius 3 is 1.94 bits per heavy atom. The van der Waals surface area contributed by atoms with Gasteiger partial charge >= 0.3 is 11.9 Å². The Morgan fingerprint density at radius 1 is 1.11 bits per heavy atom. The molecule has 0 aromatic rings. The average molecular weight is 258 g/mol. The Morgan fingerprint density at radius 2 is 1.67 bits per heavy atom. The van der Waals surface area contributed by atoms with Crippen LogP contribution in [0.4, 0.5) is 0 Å². The molecular formula is C13H22O5. The Balaban J connectivity index is 0. The quantitative estimate of drug-likeness (QED) is 0.317. The molecule has 0 unspecified atom stereocenters. The summed E-state index contributed by atoms with van der Waals surface area (Å²) in [6.45, 7) is 10.6. The molecule has 0 aromatic heterocycles. The van der Waals surface area contributed by atoms with Gasteiger partial charge in [0.2, 0.25) is 0 Å². The molecule has 104 valence electrons. The lowest BCUT2D eigenvalue weighted by Crippen LogP contribution is -2.05. The molecule has 0 aliphatic carbocycles. The zero-order chi connectivity index (χ0) is 14.6. The van der Waals surface area contributed by atoms with Crippen LogP contribution >= 0.6 is 0 Å². The lowest BCUT2D eigenvalue weighted by atomic mass is 10.1. The molecule has 0 aliphatic rings. The standard InChI is InChI=1S/C8H14O3.C5H8O2/c1-4-5-6-7(2)8(9)11-10-3;1-4(2)5(6)7-3/h2,4-6H2,1,3H3;1H2,2-3H3. The highest BCUT2D eigenvalue weighted by molar-refractivity contribution is 5.87. The molecule has 0 fully saturated rings. The number of unbranched alkanes of at least 4 members (excludes halogenated alkanes) is 1. The predicted molar refractivity (Wildman–Crippen MR) is 68.6 cm³/mol. The Kier molecular flexibility index (Phi) is 12.3. The molecule has 18 heavy (non-hydrogen) atoms. The van der Waals surface area contributed by atoms with E-state index in [2.05, 4.69) is 34.6 Å². The third-order valence-corrected chi connectivity index (χ3v) is 1.81. The molecule has 0 saturated carbocycles. The fourth-order valence-corrected chi connectivity index (χ4v) is 0.801. The van der Waals surface area contributed by atoms with Crippen LogP contribution in [0.1, 0.15) is 33.1 Å². The molecule has 5 heteroatoms. The zero-order valence-electron chi connectivity index (χ0n) is 11.6. The molecule has 0 amide bonds. The zero-order valence-corrected chi connectivity index (χ0v) is 11.6. The van der Waals surface area contributed by atoms with E-state index in [-0.39, 0.29) is 5.97 Å². The Hall–Kier alpha value is -1.62. The summed E-state index contributed by atoms with van der Waals surface area (Å²) in [6, 6.07) is 0. The highest BCUT2D eigenvalue weighted by atomic mass is 17.2. The van der Waals surface area contributed by atoms with E-state index >= 15 is 0 Å². The predicted octanol–water partition coefficient (Wildman–Crippen LogP) is 2.57. The molecule has 0 N–H and O–H groups in total.